The Morgan fingerprint density at radius 2 is 1.72 bits per heavy atom. The second kappa shape index (κ2) is 6.52. The van der Waals surface area contributed by atoms with E-state index in [0.717, 1.165) is 11.1 Å². The highest BCUT2D eigenvalue weighted by atomic mass is 16.5. The summed E-state index contributed by atoms with van der Waals surface area (Å²) in [5, 5.41) is 9.23. The number of carboxylic acid groups (broad SMARTS) is 1. The molecule has 0 saturated heterocycles. The second-order valence-corrected chi connectivity index (χ2v) is 4.53. The van der Waals surface area contributed by atoms with Gasteiger partial charge >= 0.3 is 5.97 Å². The third kappa shape index (κ3) is 3.31. The fourth-order valence-electron chi connectivity index (χ4n) is 2.00. The van der Waals surface area contributed by atoms with E-state index in [0.29, 0.717) is 17.7 Å². The lowest BCUT2D eigenvalue weighted by atomic mass is 9.92. The summed E-state index contributed by atoms with van der Waals surface area (Å²) in [5.41, 5.74) is 3.01. The Morgan fingerprint density at radius 3 is 2.17 bits per heavy atom. The summed E-state index contributed by atoms with van der Waals surface area (Å²) in [6.45, 7) is 4.84. The van der Waals surface area contributed by atoms with Crippen molar-refractivity contribution in [1.29, 1.82) is 0 Å². The van der Waals surface area contributed by atoms with Crippen LogP contribution in [0.1, 0.15) is 46.8 Å². The maximum atomic E-state index is 11.3. The number of benzene rings is 1. The van der Waals surface area contributed by atoms with Gasteiger partial charge in [-0.2, -0.15) is 0 Å². The highest BCUT2D eigenvalue weighted by Crippen LogP contribution is 2.25. The molecule has 0 aliphatic carbocycles. The molecule has 0 spiro atoms. The summed E-state index contributed by atoms with van der Waals surface area (Å²) < 4.78 is 10.2. The van der Waals surface area contributed by atoms with Crippen molar-refractivity contribution < 1.29 is 19.4 Å². The van der Waals surface area contributed by atoms with Gasteiger partial charge in [0, 0.05) is 14.2 Å². The van der Waals surface area contributed by atoms with Crippen LogP contribution < -0.4 is 0 Å². The predicted octanol–water partition coefficient (Wildman–Crippen LogP) is 2.80. The van der Waals surface area contributed by atoms with E-state index in [1.165, 1.54) is 0 Å². The van der Waals surface area contributed by atoms with E-state index in [1.807, 2.05) is 19.9 Å². The first-order chi connectivity index (χ1) is 8.51. The van der Waals surface area contributed by atoms with E-state index in [4.69, 9.17) is 9.47 Å². The molecule has 0 aliphatic rings. The zero-order valence-electron chi connectivity index (χ0n) is 11.3. The van der Waals surface area contributed by atoms with Gasteiger partial charge in [-0.1, -0.05) is 19.9 Å². The maximum absolute atomic E-state index is 11.3. The lowest BCUT2D eigenvalue weighted by molar-refractivity contribution is 0.0691. The Hall–Kier alpha value is -1.39. The van der Waals surface area contributed by atoms with Crippen LogP contribution in [0.5, 0.6) is 0 Å². The van der Waals surface area contributed by atoms with Crippen LogP contribution in [0, 0.1) is 0 Å². The maximum Gasteiger partial charge on any atom is 0.336 e. The Balaban J connectivity index is 3.34. The molecule has 1 aromatic rings. The highest BCUT2D eigenvalue weighted by Gasteiger charge is 2.16. The number of carboxylic acids is 1. The standard InChI is InChI=1S/C14H20O4/c1-9(2)12-6-13(14(15)16)11(8-18-4)5-10(12)7-17-3/h5-6,9H,7-8H2,1-4H3,(H,15,16). The molecule has 0 aromatic heterocycles. The Labute approximate surface area is 108 Å². The summed E-state index contributed by atoms with van der Waals surface area (Å²) >= 11 is 0. The largest absolute Gasteiger partial charge is 0.478 e. The molecule has 0 bridgehead atoms. The van der Waals surface area contributed by atoms with Crippen LogP contribution in [0.25, 0.3) is 0 Å². The molecule has 1 aromatic carbocycles. The number of hydrogen-bond donors (Lipinski definition) is 1. The quantitative estimate of drug-likeness (QED) is 0.845. The highest BCUT2D eigenvalue weighted by molar-refractivity contribution is 5.89. The molecule has 0 radical (unpaired) electrons. The number of hydrogen-bond acceptors (Lipinski definition) is 3. The van der Waals surface area contributed by atoms with Crippen molar-refractivity contribution in [2.75, 3.05) is 14.2 Å². The van der Waals surface area contributed by atoms with E-state index in [1.54, 1.807) is 20.3 Å². The molecule has 0 heterocycles. The van der Waals surface area contributed by atoms with Crippen LogP contribution in [0.3, 0.4) is 0 Å². The van der Waals surface area contributed by atoms with E-state index >= 15 is 0 Å². The molecule has 0 unspecified atom stereocenters. The third-order valence-electron chi connectivity index (χ3n) is 2.82. The van der Waals surface area contributed by atoms with Crippen LogP contribution in [-0.4, -0.2) is 25.3 Å². The van der Waals surface area contributed by atoms with Gasteiger partial charge in [0.25, 0.3) is 0 Å². The molecule has 18 heavy (non-hydrogen) atoms. The number of ether oxygens (including phenoxy) is 2. The first kappa shape index (κ1) is 14.7. The van der Waals surface area contributed by atoms with Gasteiger partial charge in [-0.05, 0) is 28.7 Å². The van der Waals surface area contributed by atoms with Gasteiger partial charge in [0.15, 0.2) is 0 Å². The van der Waals surface area contributed by atoms with Crippen molar-refractivity contribution >= 4 is 5.97 Å². The van der Waals surface area contributed by atoms with Crippen molar-refractivity contribution in [3.63, 3.8) is 0 Å². The minimum absolute atomic E-state index is 0.254. The van der Waals surface area contributed by atoms with Crippen molar-refractivity contribution in [1.82, 2.24) is 0 Å². The SMILES string of the molecule is COCc1cc(COC)c(C(C)C)cc1C(=O)O. The molecule has 1 N–H and O–H groups in total. The molecule has 4 nitrogen and oxygen atoms in total. The fourth-order valence-corrected chi connectivity index (χ4v) is 2.00. The molecule has 1 rings (SSSR count). The molecule has 0 atom stereocenters. The number of carbonyl (C=O) groups is 1. The summed E-state index contributed by atoms with van der Waals surface area (Å²) in [6.07, 6.45) is 0. The number of aromatic carboxylic acids is 1. The summed E-state index contributed by atoms with van der Waals surface area (Å²) in [4.78, 5) is 11.3. The van der Waals surface area contributed by atoms with Crippen molar-refractivity contribution in [3.05, 3.63) is 34.4 Å². The zero-order valence-corrected chi connectivity index (χ0v) is 11.3. The lowest BCUT2D eigenvalue weighted by Gasteiger charge is -2.16. The topological polar surface area (TPSA) is 55.8 Å². The zero-order chi connectivity index (χ0) is 13.7. The third-order valence-corrected chi connectivity index (χ3v) is 2.82. The van der Waals surface area contributed by atoms with Crippen LogP contribution in [-0.2, 0) is 22.7 Å². The van der Waals surface area contributed by atoms with Gasteiger partial charge in [0.1, 0.15) is 0 Å². The lowest BCUT2D eigenvalue weighted by Crippen LogP contribution is -2.08. The minimum atomic E-state index is -0.923. The summed E-state index contributed by atoms with van der Waals surface area (Å²) in [7, 11) is 3.18. The van der Waals surface area contributed by atoms with Gasteiger partial charge in [-0.25, -0.2) is 4.79 Å². The average molecular weight is 252 g/mol. The molecule has 0 fully saturated rings. The molecule has 0 amide bonds. The second-order valence-electron chi connectivity index (χ2n) is 4.53. The monoisotopic (exact) mass is 252 g/mol. The molecular weight excluding hydrogens is 232 g/mol. The first-order valence-corrected chi connectivity index (χ1v) is 5.88. The Bertz CT molecular complexity index is 424. The van der Waals surface area contributed by atoms with Gasteiger partial charge in [0.2, 0.25) is 0 Å². The van der Waals surface area contributed by atoms with Crippen LogP contribution in [0.15, 0.2) is 12.1 Å². The van der Waals surface area contributed by atoms with Crippen molar-refractivity contribution in [2.45, 2.75) is 33.0 Å². The molecule has 0 saturated carbocycles. The molecule has 100 valence electrons. The van der Waals surface area contributed by atoms with Crippen molar-refractivity contribution in [3.8, 4) is 0 Å². The minimum Gasteiger partial charge on any atom is -0.478 e. The molecule has 4 heteroatoms. The van der Waals surface area contributed by atoms with Crippen LogP contribution in [0.2, 0.25) is 0 Å². The molecular formula is C14H20O4. The van der Waals surface area contributed by atoms with Crippen LogP contribution in [0.4, 0.5) is 0 Å². The fraction of sp³-hybridized carbons (Fsp3) is 0.500. The van der Waals surface area contributed by atoms with Crippen molar-refractivity contribution in [2.24, 2.45) is 0 Å². The normalized spacial score (nSPS) is 10.9. The average Bonchev–Trinajstić information content (AvgIpc) is 2.29. The van der Waals surface area contributed by atoms with Crippen LogP contribution >= 0.6 is 0 Å². The smallest absolute Gasteiger partial charge is 0.336 e. The number of rotatable bonds is 6. The van der Waals surface area contributed by atoms with Gasteiger partial charge in [0.05, 0.1) is 18.8 Å². The Morgan fingerprint density at radius 1 is 1.17 bits per heavy atom. The van der Waals surface area contributed by atoms with E-state index < -0.39 is 5.97 Å². The van der Waals surface area contributed by atoms with E-state index in [-0.39, 0.29) is 12.5 Å². The Kier molecular flexibility index (Phi) is 5.31. The molecule has 0 aliphatic heterocycles. The predicted molar refractivity (Wildman–Crippen MR) is 68.9 cm³/mol. The van der Waals surface area contributed by atoms with Gasteiger partial charge in [-0.15, -0.1) is 0 Å². The van der Waals surface area contributed by atoms with Gasteiger partial charge in [-0.3, -0.25) is 0 Å². The van der Waals surface area contributed by atoms with E-state index in [2.05, 4.69) is 0 Å². The van der Waals surface area contributed by atoms with E-state index in [9.17, 15) is 9.90 Å². The first-order valence-electron chi connectivity index (χ1n) is 5.88. The summed E-state index contributed by atoms with van der Waals surface area (Å²) in [6, 6.07) is 3.60. The number of methoxy groups -OCH3 is 2. The summed E-state index contributed by atoms with van der Waals surface area (Å²) in [5.74, 6) is -0.669. The van der Waals surface area contributed by atoms with Gasteiger partial charge < -0.3 is 14.6 Å².